The molecular weight excluding hydrogens is 1670 g/mol. The predicted molar refractivity (Wildman–Crippen MR) is 513 cm³/mol. The quantitative estimate of drug-likeness (QED) is 0.0328. The summed E-state index contributed by atoms with van der Waals surface area (Å²) in [5.41, 5.74) is 7.97. The van der Waals surface area contributed by atoms with Gasteiger partial charge in [0, 0.05) is 56.7 Å². The number of hydrogen-bond acceptors (Lipinski definition) is 0. The predicted octanol–water partition coefficient (Wildman–Crippen LogP) is 29.5. The molecule has 6 saturated carbocycles. The normalized spacial score (nSPS) is 26.6. The van der Waals surface area contributed by atoms with E-state index in [9.17, 15) is 0 Å². The molecular formula is C110H140ClCo2P3Ru+. The zero-order valence-electron chi connectivity index (χ0n) is 72.5. The maximum atomic E-state index is 4.96. The first-order valence-electron chi connectivity index (χ1n) is 44.7. The van der Waals surface area contributed by atoms with Gasteiger partial charge in [-0.15, -0.1) is 5.92 Å². The molecule has 7 heteroatoms. The molecule has 6 bridgehead atoms. The van der Waals surface area contributed by atoms with E-state index < -0.39 is 23.8 Å². The first-order chi connectivity index (χ1) is 56.4. The Morgan fingerprint density at radius 3 is 1.21 bits per heavy atom. The van der Waals surface area contributed by atoms with Gasteiger partial charge in [0.25, 0.3) is 0 Å². The molecule has 0 saturated heterocycles. The van der Waals surface area contributed by atoms with Crippen LogP contribution in [0, 0.1) is 85.4 Å². The number of halogens is 1. The molecule has 627 valence electrons. The average Bonchev–Trinajstić information content (AvgIpc) is 1.59. The van der Waals surface area contributed by atoms with E-state index >= 15 is 0 Å². The zero-order valence-corrected chi connectivity index (χ0v) is 79.9. The molecule has 2 radical (unpaired) electrons. The summed E-state index contributed by atoms with van der Waals surface area (Å²) in [6, 6.07) is 87.3. The minimum Gasteiger partial charge on any atom is 0 e. The molecule has 8 aromatic rings. The topological polar surface area (TPSA) is 0 Å². The van der Waals surface area contributed by atoms with Gasteiger partial charge in [-0.05, 0) is 238 Å². The second-order valence-electron chi connectivity index (χ2n) is 32.1. The van der Waals surface area contributed by atoms with Crippen molar-refractivity contribution < 1.29 is 50.9 Å². The van der Waals surface area contributed by atoms with Crippen LogP contribution in [-0.2, 0) is 50.9 Å². The first-order valence-corrected chi connectivity index (χ1v) is 51.3. The van der Waals surface area contributed by atoms with Crippen LogP contribution in [0.4, 0.5) is 0 Å². The van der Waals surface area contributed by atoms with Crippen molar-refractivity contribution in [3.63, 3.8) is 0 Å². The molecule has 0 amide bonds. The summed E-state index contributed by atoms with van der Waals surface area (Å²) in [6.07, 6.45) is 57.4. The van der Waals surface area contributed by atoms with Crippen LogP contribution < -0.4 is 31.8 Å². The molecule has 0 aliphatic heterocycles. The number of rotatable bonds is 19. The largest absolute Gasteiger partial charge is 0 e. The van der Waals surface area contributed by atoms with Gasteiger partial charge in [0.15, 0.2) is 0 Å². The summed E-state index contributed by atoms with van der Waals surface area (Å²) in [5, 5.41) is 9.11. The Balaban J connectivity index is 0.000000226. The Morgan fingerprint density at radius 1 is 0.402 bits per heavy atom. The van der Waals surface area contributed by atoms with Crippen molar-refractivity contribution in [1.29, 1.82) is 0 Å². The van der Waals surface area contributed by atoms with Gasteiger partial charge in [0.2, 0.25) is 0 Å². The second-order valence-corrected chi connectivity index (χ2v) is 39.5. The maximum absolute atomic E-state index is 4.96. The van der Waals surface area contributed by atoms with Gasteiger partial charge in [0.1, 0.15) is 0 Å². The molecule has 10 aliphatic carbocycles. The SMILES string of the molecule is C1=CC(c2ccc(C3CC4C=CC3C4)cc2)C=C1.C1=CC2CC1C(P(c1ccccc1)c1ccccc1)C2P(c1ccccc1)c1ccccc1.CC.CC.CC.CC.CCC1C[C@H]2C=CC1C2.[CH2-][C@H]1C(/C=C/[C@@H]2CC(/C=C/CC)CC2c2ccc(C3CCCC3)cc2)CC(/C=C/C)[C@H]1[PH+](c1ccccc1)c1ccccc1.[CH3-].[Cl][Ru+2].[Co].[Co]. The molecule has 17 atom stereocenters. The monoisotopic (exact) mass is 1810 g/mol. The van der Waals surface area contributed by atoms with E-state index in [1.807, 2.05) is 72.7 Å². The van der Waals surface area contributed by atoms with E-state index in [-0.39, 0.29) is 41.0 Å². The van der Waals surface area contributed by atoms with Gasteiger partial charge in [-0.25, -0.2) is 0 Å². The van der Waals surface area contributed by atoms with E-state index in [0.29, 0.717) is 70.2 Å². The summed E-state index contributed by atoms with van der Waals surface area (Å²) in [5.74, 6) is 11.4. The molecule has 18 rings (SSSR count). The number of benzene rings is 8. The van der Waals surface area contributed by atoms with Crippen molar-refractivity contribution in [2.45, 2.75) is 207 Å². The van der Waals surface area contributed by atoms with E-state index in [0.717, 1.165) is 47.8 Å². The average molecular weight is 1810 g/mol. The van der Waals surface area contributed by atoms with Crippen molar-refractivity contribution in [3.8, 4) is 0 Å². The van der Waals surface area contributed by atoms with E-state index in [4.69, 9.17) is 6.92 Å². The number of hydrogen-bond donors (Lipinski definition) is 0. The van der Waals surface area contributed by atoms with Crippen molar-refractivity contribution in [3.05, 3.63) is 364 Å². The molecule has 6 fully saturated rings. The Labute approximate surface area is 751 Å². The van der Waals surface area contributed by atoms with Crippen LogP contribution in [0.3, 0.4) is 0 Å². The van der Waals surface area contributed by atoms with Crippen LogP contribution in [-0.4, -0.2) is 17.0 Å². The first kappa shape index (κ1) is 99.0. The van der Waals surface area contributed by atoms with Gasteiger partial charge in [-0.2, -0.15) is 0 Å². The van der Waals surface area contributed by atoms with E-state index in [2.05, 4.69) is 358 Å². The Hall–Kier alpha value is -5.10. The third-order valence-electron chi connectivity index (χ3n) is 25.9. The minimum absolute atomic E-state index is 0. The molecule has 0 aromatic heterocycles. The fourth-order valence-corrected chi connectivity index (χ4v) is 31.4. The van der Waals surface area contributed by atoms with Crippen LogP contribution in [0.2, 0.25) is 0 Å². The smallest absolute Gasteiger partial charge is 0 e. The van der Waals surface area contributed by atoms with Gasteiger partial charge >= 0.3 is 27.0 Å². The number of allylic oxidation sites excluding steroid dienone is 16. The van der Waals surface area contributed by atoms with E-state index in [1.54, 1.807) is 16.7 Å². The van der Waals surface area contributed by atoms with Crippen LogP contribution in [0.1, 0.15) is 212 Å². The van der Waals surface area contributed by atoms with Crippen LogP contribution in [0.25, 0.3) is 0 Å². The molecule has 13 unspecified atom stereocenters. The second kappa shape index (κ2) is 53.0. The molecule has 8 aromatic carbocycles. The summed E-state index contributed by atoms with van der Waals surface area (Å²) in [4.78, 5) is 0. The fourth-order valence-electron chi connectivity index (χ4n) is 20.8. The molecule has 117 heavy (non-hydrogen) atoms. The molecule has 0 heterocycles. The van der Waals surface area contributed by atoms with Crippen molar-refractivity contribution in [1.82, 2.24) is 0 Å². The van der Waals surface area contributed by atoms with Gasteiger partial charge in [-0.1, -0.05) is 392 Å². The van der Waals surface area contributed by atoms with E-state index in [1.165, 1.54) is 121 Å². The van der Waals surface area contributed by atoms with Gasteiger partial charge < -0.3 is 14.4 Å². The van der Waals surface area contributed by atoms with Crippen molar-refractivity contribution in [2.75, 3.05) is 0 Å². The summed E-state index contributed by atoms with van der Waals surface area (Å²) in [7, 11) is 2.66. The van der Waals surface area contributed by atoms with Crippen LogP contribution >= 0.6 is 33.5 Å². The Bertz CT molecular complexity index is 4020. The third-order valence-corrected chi connectivity index (χ3v) is 35.6. The van der Waals surface area contributed by atoms with Crippen LogP contribution in [0.15, 0.2) is 328 Å². The maximum Gasteiger partial charge on any atom is 0 e. The fraction of sp³-hybridized carbons (Fsp3) is 0.400. The Kier molecular flexibility index (Phi) is 44.9. The van der Waals surface area contributed by atoms with Crippen molar-refractivity contribution >= 4 is 65.3 Å². The zero-order chi connectivity index (χ0) is 80.6. The minimum atomic E-state index is -1.00. The number of fused-ring (bicyclic) bond motifs is 6. The summed E-state index contributed by atoms with van der Waals surface area (Å²) < 4.78 is 0. The van der Waals surface area contributed by atoms with Gasteiger partial charge in [0.05, 0.1) is 24.2 Å². The van der Waals surface area contributed by atoms with Gasteiger partial charge in [-0.3, -0.25) is 0 Å². The molecule has 0 N–H and O–H groups in total. The summed E-state index contributed by atoms with van der Waals surface area (Å²) >= 11 is 1.82. The molecule has 10 aliphatic rings. The standard InChI is InChI=1S/C43H52P.C31H28P2.C18H18.C9H14.4C2H6.CH3.ClH.2Co.Ru/c1-4-6-16-33-29-38(42(30-33)36-25-23-35(24-26-36)34-17-13-14-18-34)28-27-37-31-39(15-5-2)43(32(37)3)44(40-19-9-7-10-20-40)41-21-11-8-12-22-41;1-5-13-26(14-6-1)32(27-15-7-2-8-16-27)30-24-21-22-25(23-24)31(30)33(28-17-9-3-10-18-28)29-19-11-4-12-20-29;1-2-4-14(3-1)15-7-9-16(10-8-15)18-12-13-5-6-17(18)11-13;1-2-8-5-7-3-4-9(8)6-7;4*1-2;;;;;/h5-12,15-16,19-28,32-34,37-39,42-43H,3-4,13-14,17-18,29-31H2,1-2H3;1-22,24-25,30-31H,23H2;1-10,13-14,17-18H,11-12H2;3-4,7-9H,2,5-6H2,1H3;4*1-2H3;1H3;1H;;;/q-1;;;;;;;;-1;;;;+3/b15-5+,16-6+,28-27+;;;;;;;;;;;;/t32-,33?,37?,38+,39?,42?,43-;;;7-,8?,9?;;;;;;;;;/m0..1........./s1. The molecule has 0 nitrogen and oxygen atoms in total. The van der Waals surface area contributed by atoms with Crippen molar-refractivity contribution in [2.24, 2.45) is 71.0 Å². The summed E-state index contributed by atoms with van der Waals surface area (Å²) in [6.45, 7) is 27.7. The Morgan fingerprint density at radius 2 is 0.812 bits per heavy atom. The third kappa shape index (κ3) is 25.8. The molecule has 0 spiro atoms. The van der Waals surface area contributed by atoms with Crippen LogP contribution in [0.5, 0.6) is 0 Å².